The molecule has 1 aliphatic carbocycles. The lowest BCUT2D eigenvalue weighted by Crippen LogP contribution is -2.37. The van der Waals surface area contributed by atoms with E-state index in [9.17, 15) is 9.59 Å². The number of hydrogen-bond donors (Lipinski definition) is 2. The predicted octanol–water partition coefficient (Wildman–Crippen LogP) is 3.15. The maximum atomic E-state index is 12.1. The van der Waals surface area contributed by atoms with Crippen molar-refractivity contribution in [2.45, 2.75) is 38.6 Å². The van der Waals surface area contributed by atoms with Gasteiger partial charge in [0.25, 0.3) is 5.91 Å². The van der Waals surface area contributed by atoms with Gasteiger partial charge in [-0.2, -0.15) is 0 Å². The summed E-state index contributed by atoms with van der Waals surface area (Å²) in [6, 6.07) is 2.00. The van der Waals surface area contributed by atoms with Crippen LogP contribution in [-0.4, -0.2) is 23.0 Å². The Morgan fingerprint density at radius 1 is 1.45 bits per heavy atom. The van der Waals surface area contributed by atoms with Gasteiger partial charge < -0.3 is 10.4 Å². The molecule has 1 fully saturated rings. The molecular formula is C15H19NO3S. The van der Waals surface area contributed by atoms with Crippen LogP contribution in [0.5, 0.6) is 0 Å². The average molecular weight is 293 g/mol. The molecule has 2 N–H and O–H groups in total. The van der Waals surface area contributed by atoms with Gasteiger partial charge in [0, 0.05) is 22.4 Å². The van der Waals surface area contributed by atoms with Gasteiger partial charge in [-0.05, 0) is 30.9 Å². The van der Waals surface area contributed by atoms with Crippen LogP contribution in [0.1, 0.15) is 47.8 Å². The molecular weight excluding hydrogens is 274 g/mol. The number of carbonyl (C=O) groups excluding carboxylic acids is 1. The second-order valence-electron chi connectivity index (χ2n) is 5.35. The van der Waals surface area contributed by atoms with Crippen molar-refractivity contribution < 1.29 is 14.7 Å². The molecule has 1 aliphatic rings. The smallest absolute Gasteiger partial charge is 0.328 e. The molecule has 2 unspecified atom stereocenters. The van der Waals surface area contributed by atoms with E-state index >= 15 is 0 Å². The van der Waals surface area contributed by atoms with Crippen LogP contribution in [0.25, 0.3) is 6.08 Å². The minimum absolute atomic E-state index is 0.0599. The van der Waals surface area contributed by atoms with E-state index in [0.29, 0.717) is 11.5 Å². The van der Waals surface area contributed by atoms with Gasteiger partial charge in [0.15, 0.2) is 0 Å². The van der Waals surface area contributed by atoms with Gasteiger partial charge in [0.2, 0.25) is 0 Å². The number of carboxylic acid groups (broad SMARTS) is 1. The molecule has 0 aliphatic heterocycles. The van der Waals surface area contributed by atoms with Gasteiger partial charge in [-0.15, -0.1) is 11.3 Å². The Labute approximate surface area is 122 Å². The van der Waals surface area contributed by atoms with Crippen molar-refractivity contribution in [3.8, 4) is 0 Å². The molecule has 1 aromatic heterocycles. The molecule has 5 heteroatoms. The second-order valence-corrected chi connectivity index (χ2v) is 6.29. The molecule has 20 heavy (non-hydrogen) atoms. The molecule has 1 heterocycles. The van der Waals surface area contributed by atoms with Gasteiger partial charge in [-0.3, -0.25) is 4.79 Å². The molecule has 1 saturated carbocycles. The molecule has 108 valence electrons. The van der Waals surface area contributed by atoms with Crippen molar-refractivity contribution in [1.82, 2.24) is 5.32 Å². The Balaban J connectivity index is 1.94. The molecule has 2 rings (SSSR count). The first-order chi connectivity index (χ1) is 9.54. The quantitative estimate of drug-likeness (QED) is 0.838. The highest BCUT2D eigenvalue weighted by atomic mass is 32.1. The number of thiophene rings is 1. The molecule has 1 aromatic rings. The monoisotopic (exact) mass is 293 g/mol. The number of rotatable bonds is 4. The van der Waals surface area contributed by atoms with E-state index in [-0.39, 0.29) is 11.9 Å². The van der Waals surface area contributed by atoms with Crippen LogP contribution in [0.4, 0.5) is 0 Å². The van der Waals surface area contributed by atoms with Gasteiger partial charge >= 0.3 is 5.97 Å². The van der Waals surface area contributed by atoms with Crippen LogP contribution in [0, 0.1) is 5.92 Å². The lowest BCUT2D eigenvalue weighted by Gasteiger charge is -2.27. The summed E-state index contributed by atoms with van der Waals surface area (Å²) in [4.78, 5) is 23.3. The SMILES string of the molecule is CC1CCCC(NC(=O)c2csc(C=CC(=O)O)c2)C1. The van der Waals surface area contributed by atoms with Crippen molar-refractivity contribution in [3.05, 3.63) is 28.0 Å². The van der Waals surface area contributed by atoms with E-state index in [0.717, 1.165) is 23.8 Å². The fourth-order valence-electron chi connectivity index (χ4n) is 2.55. The first-order valence-electron chi connectivity index (χ1n) is 6.85. The molecule has 1 amide bonds. The lowest BCUT2D eigenvalue weighted by molar-refractivity contribution is -0.131. The summed E-state index contributed by atoms with van der Waals surface area (Å²) >= 11 is 1.37. The Morgan fingerprint density at radius 3 is 2.95 bits per heavy atom. The van der Waals surface area contributed by atoms with Gasteiger partial charge in [0.05, 0.1) is 5.56 Å². The summed E-state index contributed by atoms with van der Waals surface area (Å²) in [6.45, 7) is 2.22. The lowest BCUT2D eigenvalue weighted by atomic mass is 9.87. The summed E-state index contributed by atoms with van der Waals surface area (Å²) < 4.78 is 0. The zero-order valence-corrected chi connectivity index (χ0v) is 12.3. The Kier molecular flexibility index (Phi) is 4.95. The molecule has 4 nitrogen and oxygen atoms in total. The fourth-order valence-corrected chi connectivity index (χ4v) is 3.33. The Hall–Kier alpha value is -1.62. The van der Waals surface area contributed by atoms with E-state index in [2.05, 4.69) is 12.2 Å². The molecule has 2 atom stereocenters. The second kappa shape index (κ2) is 6.70. The predicted molar refractivity (Wildman–Crippen MR) is 79.9 cm³/mol. The molecule has 0 radical (unpaired) electrons. The number of hydrogen-bond acceptors (Lipinski definition) is 3. The van der Waals surface area contributed by atoms with Crippen molar-refractivity contribution in [3.63, 3.8) is 0 Å². The zero-order chi connectivity index (χ0) is 14.5. The third-order valence-electron chi connectivity index (χ3n) is 3.54. The maximum absolute atomic E-state index is 12.1. The largest absolute Gasteiger partial charge is 0.478 e. The van der Waals surface area contributed by atoms with E-state index in [1.807, 2.05) is 0 Å². The van der Waals surface area contributed by atoms with Crippen LogP contribution in [0.3, 0.4) is 0 Å². The van der Waals surface area contributed by atoms with Crippen molar-refractivity contribution in [2.24, 2.45) is 5.92 Å². The van der Waals surface area contributed by atoms with E-state index < -0.39 is 5.97 Å². The first-order valence-corrected chi connectivity index (χ1v) is 7.73. The van der Waals surface area contributed by atoms with Gasteiger partial charge in [-0.25, -0.2) is 4.79 Å². The van der Waals surface area contributed by atoms with Crippen LogP contribution < -0.4 is 5.32 Å². The van der Waals surface area contributed by atoms with Gasteiger partial charge in [0.1, 0.15) is 0 Å². The number of aliphatic carboxylic acids is 1. The summed E-state index contributed by atoms with van der Waals surface area (Å²) in [6.07, 6.45) is 7.09. The number of carboxylic acids is 1. The molecule has 0 aromatic carbocycles. The van der Waals surface area contributed by atoms with E-state index in [4.69, 9.17) is 5.11 Å². The van der Waals surface area contributed by atoms with E-state index in [1.165, 1.54) is 30.3 Å². The minimum atomic E-state index is -0.986. The average Bonchev–Trinajstić information content (AvgIpc) is 2.85. The highest BCUT2D eigenvalue weighted by molar-refractivity contribution is 7.11. The van der Waals surface area contributed by atoms with Crippen LogP contribution >= 0.6 is 11.3 Å². The van der Waals surface area contributed by atoms with Crippen LogP contribution in [0.2, 0.25) is 0 Å². The number of carbonyl (C=O) groups is 2. The van der Waals surface area contributed by atoms with Crippen molar-refractivity contribution in [2.75, 3.05) is 0 Å². The molecule has 0 spiro atoms. The highest BCUT2D eigenvalue weighted by Gasteiger charge is 2.21. The molecule has 0 saturated heterocycles. The van der Waals surface area contributed by atoms with Crippen LogP contribution in [0.15, 0.2) is 17.5 Å². The maximum Gasteiger partial charge on any atom is 0.328 e. The van der Waals surface area contributed by atoms with E-state index in [1.54, 1.807) is 11.4 Å². The third-order valence-corrected chi connectivity index (χ3v) is 4.44. The summed E-state index contributed by atoms with van der Waals surface area (Å²) in [5.41, 5.74) is 0.610. The van der Waals surface area contributed by atoms with Gasteiger partial charge in [-0.1, -0.05) is 19.8 Å². The summed E-state index contributed by atoms with van der Waals surface area (Å²) in [5, 5.41) is 13.4. The number of amides is 1. The minimum Gasteiger partial charge on any atom is -0.478 e. The fraction of sp³-hybridized carbons (Fsp3) is 0.467. The summed E-state index contributed by atoms with van der Waals surface area (Å²) in [7, 11) is 0. The Bertz CT molecular complexity index is 521. The first kappa shape index (κ1) is 14.8. The summed E-state index contributed by atoms with van der Waals surface area (Å²) in [5.74, 6) is -0.374. The normalized spacial score (nSPS) is 22.9. The number of nitrogens with one attached hydrogen (secondary N) is 1. The zero-order valence-electron chi connectivity index (χ0n) is 11.5. The van der Waals surface area contributed by atoms with Crippen LogP contribution in [-0.2, 0) is 4.79 Å². The topological polar surface area (TPSA) is 66.4 Å². The van der Waals surface area contributed by atoms with Crippen molar-refractivity contribution in [1.29, 1.82) is 0 Å². The van der Waals surface area contributed by atoms with Crippen molar-refractivity contribution >= 4 is 29.3 Å². The standard InChI is InChI=1S/C15H19NO3S/c1-10-3-2-4-12(7-10)16-15(19)11-8-13(20-9-11)5-6-14(17)18/h5-6,8-10,12H,2-4,7H2,1H3,(H,16,19)(H,17,18). The third kappa shape index (κ3) is 4.20. The highest BCUT2D eigenvalue weighted by Crippen LogP contribution is 2.24. The Morgan fingerprint density at radius 2 is 2.25 bits per heavy atom. The molecule has 0 bridgehead atoms.